The zero-order chi connectivity index (χ0) is 12.7. The topological polar surface area (TPSA) is 47.3 Å². The number of pyridine rings is 2. The average Bonchev–Trinajstić information content (AvgIpc) is 2.86. The Bertz CT molecular complexity index is 763. The van der Waals surface area contributed by atoms with Crippen LogP contribution in [0.4, 0.5) is 0 Å². The highest BCUT2D eigenvalue weighted by Gasteiger charge is 2.14. The van der Waals surface area contributed by atoms with E-state index in [9.17, 15) is 4.79 Å². The lowest BCUT2D eigenvalue weighted by Gasteiger charge is -2.07. The Morgan fingerprint density at radius 1 is 1.39 bits per heavy atom. The molecule has 0 aliphatic heterocycles. The maximum Gasteiger partial charge on any atom is 0.166 e. The number of hydrogen-bond donors (Lipinski definition) is 0. The van der Waals surface area contributed by atoms with Crippen molar-refractivity contribution in [3.05, 3.63) is 41.4 Å². The predicted molar refractivity (Wildman–Crippen MR) is 70.1 cm³/mol. The molecule has 3 heterocycles. The van der Waals surface area contributed by atoms with Crippen LogP contribution in [0, 0.1) is 0 Å². The molecular formula is C13H10ClN3O. The molecule has 3 aromatic heterocycles. The molecule has 0 radical (unpaired) electrons. The lowest BCUT2D eigenvalue weighted by Crippen LogP contribution is -2.02. The van der Waals surface area contributed by atoms with Gasteiger partial charge in [-0.1, -0.05) is 18.5 Å². The quantitative estimate of drug-likeness (QED) is 0.525. The van der Waals surface area contributed by atoms with Gasteiger partial charge in [0.2, 0.25) is 0 Å². The van der Waals surface area contributed by atoms with Gasteiger partial charge in [0, 0.05) is 30.4 Å². The van der Waals surface area contributed by atoms with Crippen LogP contribution in [0.1, 0.15) is 23.7 Å². The van der Waals surface area contributed by atoms with Gasteiger partial charge in [0.05, 0.1) is 11.1 Å². The monoisotopic (exact) mass is 259 g/mol. The number of hydrogen-bond acceptors (Lipinski definition) is 3. The van der Waals surface area contributed by atoms with Crippen LogP contribution < -0.4 is 0 Å². The van der Waals surface area contributed by atoms with Gasteiger partial charge in [-0.05, 0) is 12.1 Å². The number of halogens is 1. The van der Waals surface area contributed by atoms with Crippen LogP contribution in [-0.2, 0) is 0 Å². The Morgan fingerprint density at radius 2 is 2.22 bits per heavy atom. The molecule has 0 aliphatic carbocycles. The molecule has 0 aliphatic rings. The van der Waals surface area contributed by atoms with Crippen LogP contribution >= 0.6 is 11.6 Å². The van der Waals surface area contributed by atoms with Crippen molar-refractivity contribution >= 4 is 33.9 Å². The summed E-state index contributed by atoms with van der Waals surface area (Å²) in [5, 5.41) is 1.29. The second-order valence-electron chi connectivity index (χ2n) is 4.00. The highest BCUT2D eigenvalue weighted by atomic mass is 35.5. The van der Waals surface area contributed by atoms with E-state index in [0.717, 1.165) is 10.9 Å². The molecule has 0 saturated carbocycles. The molecule has 0 amide bonds. The minimum atomic E-state index is 0.0704. The molecule has 0 bridgehead atoms. The predicted octanol–water partition coefficient (Wildman–Crippen LogP) is 3.13. The highest BCUT2D eigenvalue weighted by Crippen LogP contribution is 2.25. The first kappa shape index (κ1) is 11.2. The fourth-order valence-corrected chi connectivity index (χ4v) is 2.35. The summed E-state index contributed by atoms with van der Waals surface area (Å²) in [4.78, 5) is 20.3. The molecule has 3 rings (SSSR count). The summed E-state index contributed by atoms with van der Waals surface area (Å²) < 4.78 is 1.81. The van der Waals surface area contributed by atoms with Crippen LogP contribution in [0.25, 0.3) is 16.6 Å². The number of rotatable bonds is 2. The van der Waals surface area contributed by atoms with Crippen molar-refractivity contribution < 1.29 is 4.79 Å². The molecule has 0 aromatic carbocycles. The second kappa shape index (κ2) is 4.07. The molecular weight excluding hydrogens is 250 g/mol. The first-order valence-corrected chi connectivity index (χ1v) is 6.03. The van der Waals surface area contributed by atoms with E-state index >= 15 is 0 Å². The van der Waals surface area contributed by atoms with E-state index in [0.29, 0.717) is 22.8 Å². The van der Waals surface area contributed by atoms with Crippen molar-refractivity contribution in [1.82, 2.24) is 14.4 Å². The van der Waals surface area contributed by atoms with E-state index in [1.54, 1.807) is 18.6 Å². The lowest BCUT2D eigenvalue weighted by molar-refractivity contribution is 0.0989. The smallest absolute Gasteiger partial charge is 0.166 e. The summed E-state index contributed by atoms with van der Waals surface area (Å²) in [6.45, 7) is 1.84. The molecule has 0 N–H and O–H groups in total. The summed E-state index contributed by atoms with van der Waals surface area (Å²) in [5.74, 6) is 0.0704. The number of nitrogens with zero attached hydrogens (tertiary/aromatic N) is 3. The molecule has 0 atom stereocenters. The van der Waals surface area contributed by atoms with E-state index in [1.807, 2.05) is 23.5 Å². The Balaban J connectivity index is 2.51. The fourth-order valence-electron chi connectivity index (χ4n) is 2.10. The van der Waals surface area contributed by atoms with Gasteiger partial charge in [-0.15, -0.1) is 0 Å². The fraction of sp³-hybridized carbons (Fsp3) is 0.154. The molecule has 90 valence electrons. The normalized spacial score (nSPS) is 11.2. The van der Waals surface area contributed by atoms with Crippen LogP contribution in [0.15, 0.2) is 30.7 Å². The van der Waals surface area contributed by atoms with Crippen LogP contribution in [0.2, 0.25) is 5.15 Å². The first-order chi connectivity index (χ1) is 8.72. The van der Waals surface area contributed by atoms with E-state index in [4.69, 9.17) is 11.6 Å². The van der Waals surface area contributed by atoms with Crippen molar-refractivity contribution in [2.75, 3.05) is 0 Å². The minimum Gasteiger partial charge on any atom is -0.296 e. The third-order valence-corrected chi connectivity index (χ3v) is 3.23. The van der Waals surface area contributed by atoms with Gasteiger partial charge in [-0.25, -0.2) is 9.97 Å². The Kier molecular flexibility index (Phi) is 2.52. The Labute approximate surface area is 108 Å². The number of carbonyl (C=O) groups excluding carboxylic acids is 1. The summed E-state index contributed by atoms with van der Waals surface area (Å²) in [6, 6.07) is 3.67. The molecule has 0 unspecified atom stereocenters. The summed E-state index contributed by atoms with van der Waals surface area (Å²) in [5.41, 5.74) is 2.03. The standard InChI is InChI=1S/C13H10ClN3O/c1-2-10(18)9-7-8-3-4-15-12(14)11(8)17-6-5-16-13(9)17/h3-7H,2H2,1H3. The maximum absolute atomic E-state index is 12.0. The highest BCUT2D eigenvalue weighted by molar-refractivity contribution is 6.34. The summed E-state index contributed by atoms with van der Waals surface area (Å²) in [7, 11) is 0. The maximum atomic E-state index is 12.0. The van der Waals surface area contributed by atoms with Gasteiger partial charge >= 0.3 is 0 Å². The number of imidazole rings is 1. The molecule has 5 heteroatoms. The van der Waals surface area contributed by atoms with Crippen LogP contribution in [-0.4, -0.2) is 20.2 Å². The largest absolute Gasteiger partial charge is 0.296 e. The SMILES string of the molecule is CCC(=O)c1cc2ccnc(Cl)c2n2ccnc12. The van der Waals surface area contributed by atoms with E-state index in [-0.39, 0.29) is 5.78 Å². The molecule has 0 fully saturated rings. The van der Waals surface area contributed by atoms with E-state index in [2.05, 4.69) is 9.97 Å². The number of aromatic nitrogens is 3. The molecule has 4 nitrogen and oxygen atoms in total. The average molecular weight is 260 g/mol. The van der Waals surface area contributed by atoms with Gasteiger partial charge < -0.3 is 0 Å². The molecule has 0 saturated heterocycles. The molecule has 3 aromatic rings. The van der Waals surface area contributed by atoms with Crippen molar-refractivity contribution in [1.29, 1.82) is 0 Å². The van der Waals surface area contributed by atoms with Crippen LogP contribution in [0.3, 0.4) is 0 Å². The van der Waals surface area contributed by atoms with Crippen LogP contribution in [0.5, 0.6) is 0 Å². The third kappa shape index (κ3) is 1.49. The zero-order valence-corrected chi connectivity index (χ0v) is 10.5. The third-order valence-electron chi connectivity index (χ3n) is 2.95. The van der Waals surface area contributed by atoms with Gasteiger partial charge in [0.1, 0.15) is 5.65 Å². The van der Waals surface area contributed by atoms with Crippen molar-refractivity contribution in [2.45, 2.75) is 13.3 Å². The van der Waals surface area contributed by atoms with E-state index in [1.165, 1.54) is 0 Å². The Morgan fingerprint density at radius 3 is 3.00 bits per heavy atom. The van der Waals surface area contributed by atoms with Crippen molar-refractivity contribution in [2.24, 2.45) is 0 Å². The van der Waals surface area contributed by atoms with Gasteiger partial charge in [0.25, 0.3) is 0 Å². The Hall–Kier alpha value is -1.94. The van der Waals surface area contributed by atoms with Gasteiger partial charge in [-0.2, -0.15) is 0 Å². The van der Waals surface area contributed by atoms with Gasteiger partial charge in [-0.3, -0.25) is 9.20 Å². The van der Waals surface area contributed by atoms with E-state index < -0.39 is 0 Å². The van der Waals surface area contributed by atoms with Crippen molar-refractivity contribution in [3.8, 4) is 0 Å². The second-order valence-corrected chi connectivity index (χ2v) is 4.35. The number of ketones is 1. The minimum absolute atomic E-state index is 0.0704. The zero-order valence-electron chi connectivity index (χ0n) is 9.72. The molecule has 0 spiro atoms. The number of fused-ring (bicyclic) bond motifs is 3. The number of carbonyl (C=O) groups is 1. The number of Topliss-reactive ketones (excluding diaryl/α,β-unsaturated/α-hetero) is 1. The van der Waals surface area contributed by atoms with Crippen molar-refractivity contribution in [3.63, 3.8) is 0 Å². The first-order valence-electron chi connectivity index (χ1n) is 5.66. The summed E-state index contributed by atoms with van der Waals surface area (Å²) >= 11 is 6.11. The molecule has 18 heavy (non-hydrogen) atoms. The van der Waals surface area contributed by atoms with Gasteiger partial charge in [0.15, 0.2) is 10.9 Å². The summed E-state index contributed by atoms with van der Waals surface area (Å²) in [6.07, 6.45) is 5.53. The lowest BCUT2D eigenvalue weighted by atomic mass is 10.1.